The van der Waals surface area contributed by atoms with Crippen molar-refractivity contribution in [3.63, 3.8) is 0 Å². The smallest absolute Gasteiger partial charge is 0.140 e. The molecule has 0 saturated carbocycles. The van der Waals surface area contributed by atoms with Gasteiger partial charge in [-0.2, -0.15) is 0 Å². The van der Waals surface area contributed by atoms with Crippen LogP contribution in [0.4, 0.5) is 0 Å². The van der Waals surface area contributed by atoms with Crippen LogP contribution in [0, 0.1) is 13.8 Å². The van der Waals surface area contributed by atoms with E-state index < -0.39 is 0 Å². The Hall–Kier alpha value is -6.98. The van der Waals surface area contributed by atoms with Crippen molar-refractivity contribution in [2.45, 2.75) is 13.8 Å². The Morgan fingerprint density at radius 1 is 0.358 bits per heavy atom. The molecule has 0 aliphatic rings. The van der Waals surface area contributed by atoms with Crippen LogP contribution in [0.2, 0.25) is 0 Å². The van der Waals surface area contributed by atoms with Gasteiger partial charge in [0.1, 0.15) is 17.5 Å². The Labute approximate surface area is 305 Å². The van der Waals surface area contributed by atoms with Gasteiger partial charge in [0.15, 0.2) is 0 Å². The maximum absolute atomic E-state index is 5.45. The lowest BCUT2D eigenvalue weighted by Gasteiger charge is -2.13. The molecule has 250 valence electrons. The monoisotopic (exact) mass is 679 g/mol. The van der Waals surface area contributed by atoms with Crippen LogP contribution in [-0.2, 0) is 0 Å². The largest absolute Gasteiger partial charge is 0.294 e. The van der Waals surface area contributed by atoms with Gasteiger partial charge in [-0.15, -0.1) is 0 Å². The van der Waals surface area contributed by atoms with Gasteiger partial charge in [0, 0.05) is 38.0 Å². The van der Waals surface area contributed by atoms with Crippen LogP contribution in [0.15, 0.2) is 164 Å². The van der Waals surface area contributed by atoms with Crippen molar-refractivity contribution in [3.8, 4) is 28.6 Å². The van der Waals surface area contributed by atoms with Crippen molar-refractivity contribution in [2.75, 3.05) is 0 Å². The zero-order valence-electron chi connectivity index (χ0n) is 29.3. The number of fused-ring (bicyclic) bond motifs is 9. The molecular weight excluding hydrogens is 647 g/mol. The van der Waals surface area contributed by atoms with Gasteiger partial charge >= 0.3 is 0 Å². The summed E-state index contributed by atoms with van der Waals surface area (Å²) in [6.45, 7) is 4.22. The molecule has 6 aromatic carbocycles. The summed E-state index contributed by atoms with van der Waals surface area (Å²) in [6, 6.07) is 58.8. The third-order valence-electron chi connectivity index (χ3n) is 10.8. The standard InChI is InChI=1S/C48H33N5/c1-30-27-46(51-39-19-7-3-14-34(39)35-15-4-8-20-40(35)51)50-47(28-30)52-42-22-10-6-17-38(42)48-33(18-12-23-43(48)52)32-25-26-37-36-16-5-9-21-41(36)53(44(37)29-32)45-24-11-13-31(2)49-45/h3-29H,1-2H3. The molecule has 0 atom stereocenters. The van der Waals surface area contributed by atoms with Crippen LogP contribution < -0.4 is 0 Å². The first-order chi connectivity index (χ1) is 26.1. The molecule has 5 heteroatoms. The van der Waals surface area contributed by atoms with Crippen LogP contribution >= 0.6 is 0 Å². The number of benzene rings is 6. The lowest BCUT2D eigenvalue weighted by Crippen LogP contribution is -2.04. The number of aromatic nitrogens is 5. The predicted octanol–water partition coefficient (Wildman–Crippen LogP) is 12.1. The van der Waals surface area contributed by atoms with E-state index in [0.29, 0.717) is 0 Å². The summed E-state index contributed by atoms with van der Waals surface area (Å²) in [5, 5.41) is 7.29. The topological polar surface area (TPSA) is 40.6 Å². The molecule has 0 bridgehead atoms. The van der Waals surface area contributed by atoms with Crippen molar-refractivity contribution in [1.82, 2.24) is 23.7 Å². The van der Waals surface area contributed by atoms with Gasteiger partial charge in [0.05, 0.1) is 33.1 Å². The maximum Gasteiger partial charge on any atom is 0.140 e. The first-order valence-corrected chi connectivity index (χ1v) is 18.1. The van der Waals surface area contributed by atoms with E-state index in [1.54, 1.807) is 0 Å². The third kappa shape index (κ3) is 4.37. The van der Waals surface area contributed by atoms with Gasteiger partial charge in [-0.25, -0.2) is 9.97 Å². The zero-order valence-corrected chi connectivity index (χ0v) is 29.3. The Balaban J connectivity index is 1.16. The first-order valence-electron chi connectivity index (χ1n) is 18.1. The van der Waals surface area contributed by atoms with Crippen LogP contribution in [0.5, 0.6) is 0 Å². The van der Waals surface area contributed by atoms with Crippen LogP contribution in [-0.4, -0.2) is 23.7 Å². The highest BCUT2D eigenvalue weighted by Gasteiger charge is 2.20. The Bertz CT molecular complexity index is 3210. The molecule has 5 nitrogen and oxygen atoms in total. The predicted molar refractivity (Wildman–Crippen MR) is 220 cm³/mol. The number of rotatable bonds is 4. The van der Waals surface area contributed by atoms with Crippen molar-refractivity contribution in [1.29, 1.82) is 0 Å². The van der Waals surface area contributed by atoms with Crippen LogP contribution in [0.25, 0.3) is 94.0 Å². The normalized spacial score (nSPS) is 12.0. The fourth-order valence-corrected chi connectivity index (χ4v) is 8.57. The fourth-order valence-electron chi connectivity index (χ4n) is 8.57. The summed E-state index contributed by atoms with van der Waals surface area (Å²) in [7, 11) is 0. The SMILES string of the molecule is Cc1cc(-n2c3ccccc3c3ccccc32)nc(-n2c3ccccc3c3c(-c4ccc5c6ccccc6n(-c6cccc(C)n6)c5c4)cccc32)c1. The number of nitrogens with zero attached hydrogens (tertiary/aromatic N) is 5. The molecule has 53 heavy (non-hydrogen) atoms. The highest BCUT2D eigenvalue weighted by atomic mass is 15.1. The van der Waals surface area contributed by atoms with E-state index in [2.05, 4.69) is 178 Å². The molecular formula is C48H33N5. The van der Waals surface area contributed by atoms with Gasteiger partial charge in [-0.05, 0) is 91.2 Å². The second kappa shape index (κ2) is 11.3. The van der Waals surface area contributed by atoms with Gasteiger partial charge in [-0.3, -0.25) is 13.7 Å². The molecule has 0 N–H and O–H groups in total. The van der Waals surface area contributed by atoms with E-state index in [4.69, 9.17) is 9.97 Å². The minimum atomic E-state index is 0.895. The van der Waals surface area contributed by atoms with Crippen LogP contribution in [0.1, 0.15) is 11.3 Å². The fraction of sp³-hybridized carbons (Fsp3) is 0.0417. The summed E-state index contributed by atoms with van der Waals surface area (Å²) < 4.78 is 6.94. The van der Waals surface area contributed by atoms with E-state index in [-0.39, 0.29) is 0 Å². The molecule has 0 aliphatic heterocycles. The highest BCUT2D eigenvalue weighted by molar-refractivity contribution is 6.17. The Morgan fingerprint density at radius 3 is 1.47 bits per heavy atom. The van der Waals surface area contributed by atoms with E-state index in [1.807, 2.05) is 13.0 Å². The third-order valence-corrected chi connectivity index (χ3v) is 10.8. The molecule has 11 aromatic rings. The molecule has 11 rings (SSSR count). The summed E-state index contributed by atoms with van der Waals surface area (Å²) >= 11 is 0. The zero-order chi connectivity index (χ0) is 35.2. The van der Waals surface area contributed by atoms with Crippen molar-refractivity contribution >= 4 is 65.4 Å². The maximum atomic E-state index is 5.45. The summed E-state index contributed by atoms with van der Waals surface area (Å²) in [5.41, 5.74) is 11.3. The minimum Gasteiger partial charge on any atom is -0.294 e. The first kappa shape index (κ1) is 29.7. The molecule has 0 saturated heterocycles. The number of hydrogen-bond donors (Lipinski definition) is 0. The molecule has 0 spiro atoms. The molecule has 5 heterocycles. The molecule has 0 unspecified atom stereocenters. The van der Waals surface area contributed by atoms with Gasteiger partial charge in [0.25, 0.3) is 0 Å². The molecule has 5 aromatic heterocycles. The van der Waals surface area contributed by atoms with E-state index in [0.717, 1.165) is 67.4 Å². The van der Waals surface area contributed by atoms with Crippen LogP contribution in [0.3, 0.4) is 0 Å². The van der Waals surface area contributed by atoms with Crippen molar-refractivity contribution in [3.05, 3.63) is 175 Å². The van der Waals surface area contributed by atoms with Gasteiger partial charge in [0.2, 0.25) is 0 Å². The lowest BCUT2D eigenvalue weighted by molar-refractivity contribution is 1.01. The average molecular weight is 680 g/mol. The molecule has 0 radical (unpaired) electrons. The summed E-state index contributed by atoms with van der Waals surface area (Å²) in [4.78, 5) is 10.4. The molecule has 0 fully saturated rings. The Morgan fingerprint density at radius 2 is 0.849 bits per heavy atom. The van der Waals surface area contributed by atoms with E-state index >= 15 is 0 Å². The number of hydrogen-bond acceptors (Lipinski definition) is 2. The van der Waals surface area contributed by atoms with E-state index in [1.165, 1.54) is 37.9 Å². The number of aryl methyl sites for hydroxylation is 2. The highest BCUT2D eigenvalue weighted by Crippen LogP contribution is 2.41. The number of para-hydroxylation sites is 4. The van der Waals surface area contributed by atoms with E-state index in [9.17, 15) is 0 Å². The second-order valence-electron chi connectivity index (χ2n) is 14.0. The quantitative estimate of drug-likeness (QED) is 0.186. The number of pyridine rings is 2. The minimum absolute atomic E-state index is 0.895. The molecule has 0 aliphatic carbocycles. The van der Waals surface area contributed by atoms with Crippen molar-refractivity contribution in [2.24, 2.45) is 0 Å². The lowest BCUT2D eigenvalue weighted by atomic mass is 9.98. The molecule has 0 amide bonds. The van der Waals surface area contributed by atoms with Gasteiger partial charge < -0.3 is 0 Å². The average Bonchev–Trinajstić information content (AvgIpc) is 3.83. The Kier molecular flexibility index (Phi) is 6.31. The summed E-state index contributed by atoms with van der Waals surface area (Å²) in [6.07, 6.45) is 0. The summed E-state index contributed by atoms with van der Waals surface area (Å²) in [5.74, 6) is 2.72. The van der Waals surface area contributed by atoms with Crippen molar-refractivity contribution < 1.29 is 0 Å². The van der Waals surface area contributed by atoms with Gasteiger partial charge in [-0.1, -0.05) is 103 Å². The second-order valence-corrected chi connectivity index (χ2v) is 14.0.